The van der Waals surface area contributed by atoms with Crippen LogP contribution in [0.2, 0.25) is 0 Å². The van der Waals surface area contributed by atoms with Gasteiger partial charge in [0.25, 0.3) is 10.1 Å². The van der Waals surface area contributed by atoms with Gasteiger partial charge >= 0.3 is 0 Å². The van der Waals surface area contributed by atoms with Gasteiger partial charge in [-0.25, -0.2) is 3.63 Å². The second kappa shape index (κ2) is 11.5. The second-order valence-electron chi connectivity index (χ2n) is 10.9. The summed E-state index contributed by atoms with van der Waals surface area (Å²) < 4.78 is 45.7. The number of hydrogen-bond acceptors (Lipinski definition) is 5. The van der Waals surface area contributed by atoms with E-state index in [0.717, 1.165) is 21.1 Å². The third kappa shape index (κ3) is 8.00. The molecule has 5 nitrogen and oxygen atoms in total. The highest BCUT2D eigenvalue weighted by Crippen LogP contribution is 2.70. The highest BCUT2D eigenvalue weighted by atomic mass is 32.3. The molecule has 3 rings (SSSR count). The zero-order chi connectivity index (χ0) is 27.3. The monoisotopic (exact) mass is 544 g/mol. The number of ether oxygens (including phenoxy) is 2. The third-order valence-electron chi connectivity index (χ3n) is 5.15. The van der Waals surface area contributed by atoms with Gasteiger partial charge in [0, 0.05) is 14.7 Å². The standard InChI is InChI=1S/C30H40O5S2/c1-8-9-21-36(31,32)35-37(26-17-11-10-12-18-26,27-19-13-15-24(22-27)33-29(2,3)4)28-20-14-16-25(23-28)34-30(5,6)7/h10-20,22-23H,8-9,21H2,1-7H3. The Morgan fingerprint density at radius 2 is 1.11 bits per heavy atom. The van der Waals surface area contributed by atoms with E-state index >= 15 is 0 Å². The van der Waals surface area contributed by atoms with E-state index in [1.165, 1.54) is 0 Å². The van der Waals surface area contributed by atoms with Crippen molar-refractivity contribution in [2.75, 3.05) is 5.75 Å². The molecule has 0 saturated heterocycles. The Morgan fingerprint density at radius 1 is 0.649 bits per heavy atom. The lowest BCUT2D eigenvalue weighted by atomic mass is 10.2. The van der Waals surface area contributed by atoms with E-state index in [1.807, 2.05) is 127 Å². The molecule has 0 aliphatic heterocycles. The quantitative estimate of drug-likeness (QED) is 0.256. The Bertz CT molecular complexity index is 1210. The van der Waals surface area contributed by atoms with Gasteiger partial charge in [0.2, 0.25) is 0 Å². The van der Waals surface area contributed by atoms with Crippen molar-refractivity contribution >= 4 is 20.4 Å². The topological polar surface area (TPSA) is 61.8 Å². The fourth-order valence-corrected chi connectivity index (χ4v) is 9.35. The van der Waals surface area contributed by atoms with Gasteiger partial charge < -0.3 is 9.47 Å². The molecule has 37 heavy (non-hydrogen) atoms. The minimum Gasteiger partial charge on any atom is -0.488 e. The average molecular weight is 545 g/mol. The fraction of sp³-hybridized carbons (Fsp3) is 0.400. The Labute approximate surface area is 224 Å². The summed E-state index contributed by atoms with van der Waals surface area (Å²) in [5.41, 5.74) is -0.838. The largest absolute Gasteiger partial charge is 0.488 e. The molecule has 0 atom stereocenters. The molecule has 7 heteroatoms. The van der Waals surface area contributed by atoms with Crippen LogP contribution in [0.4, 0.5) is 0 Å². The van der Waals surface area contributed by atoms with E-state index in [0.29, 0.717) is 17.9 Å². The predicted molar refractivity (Wildman–Crippen MR) is 152 cm³/mol. The van der Waals surface area contributed by atoms with E-state index in [9.17, 15) is 8.42 Å². The van der Waals surface area contributed by atoms with Crippen molar-refractivity contribution in [3.63, 3.8) is 0 Å². The predicted octanol–water partition coefficient (Wildman–Crippen LogP) is 8.38. The van der Waals surface area contributed by atoms with Crippen LogP contribution in [0.25, 0.3) is 0 Å². The first kappa shape index (κ1) is 29.1. The smallest absolute Gasteiger partial charge is 0.277 e. The van der Waals surface area contributed by atoms with E-state index in [4.69, 9.17) is 13.1 Å². The molecule has 0 unspecified atom stereocenters. The van der Waals surface area contributed by atoms with Crippen LogP contribution in [-0.4, -0.2) is 25.4 Å². The van der Waals surface area contributed by atoms with Gasteiger partial charge in [0.05, 0.1) is 5.75 Å². The van der Waals surface area contributed by atoms with Crippen LogP contribution in [0.5, 0.6) is 11.5 Å². The van der Waals surface area contributed by atoms with Crippen LogP contribution in [0, 0.1) is 0 Å². The van der Waals surface area contributed by atoms with E-state index in [1.54, 1.807) is 0 Å². The minimum atomic E-state index is -3.89. The molecular weight excluding hydrogens is 504 g/mol. The number of rotatable bonds is 10. The molecule has 0 aliphatic carbocycles. The van der Waals surface area contributed by atoms with Crippen LogP contribution < -0.4 is 9.47 Å². The zero-order valence-corrected chi connectivity index (χ0v) is 24.6. The maximum absolute atomic E-state index is 13.5. The van der Waals surface area contributed by atoms with E-state index in [-0.39, 0.29) is 5.75 Å². The summed E-state index contributed by atoms with van der Waals surface area (Å²) >= 11 is 0. The van der Waals surface area contributed by atoms with Crippen molar-refractivity contribution in [2.45, 2.75) is 87.2 Å². The SMILES string of the molecule is CCCCS(=O)(=O)OS(c1ccccc1)(c1cccc(OC(C)(C)C)c1)c1cccc(OC(C)(C)C)c1. The zero-order valence-electron chi connectivity index (χ0n) is 23.0. The maximum atomic E-state index is 13.5. The van der Waals surface area contributed by atoms with Crippen molar-refractivity contribution in [2.24, 2.45) is 0 Å². The lowest BCUT2D eigenvalue weighted by Gasteiger charge is -2.40. The van der Waals surface area contributed by atoms with Crippen molar-refractivity contribution < 1.29 is 21.5 Å². The molecular formula is C30H40O5S2. The molecule has 0 aromatic heterocycles. The summed E-state index contributed by atoms with van der Waals surface area (Å²) in [6, 6.07) is 24.8. The van der Waals surface area contributed by atoms with Crippen LogP contribution in [0.1, 0.15) is 61.3 Å². The summed E-state index contributed by atoms with van der Waals surface area (Å²) in [5.74, 6) is 1.24. The molecule has 3 aromatic rings. The van der Waals surface area contributed by atoms with Gasteiger partial charge in [-0.05, 0) is 107 Å². The summed E-state index contributed by atoms with van der Waals surface area (Å²) in [6.45, 7) is 13.9. The van der Waals surface area contributed by atoms with Crippen molar-refractivity contribution in [1.82, 2.24) is 0 Å². The Balaban J connectivity index is 2.34. The van der Waals surface area contributed by atoms with Gasteiger partial charge in [-0.1, -0.05) is 43.7 Å². The molecule has 0 aliphatic rings. The normalized spacial score (nSPS) is 13.3. The minimum absolute atomic E-state index is 0.0541. The average Bonchev–Trinajstić information content (AvgIpc) is 2.80. The van der Waals surface area contributed by atoms with Gasteiger partial charge in [-0.15, -0.1) is 0 Å². The summed E-state index contributed by atoms with van der Waals surface area (Å²) in [7, 11) is -6.61. The molecule has 0 saturated carbocycles. The first-order chi connectivity index (χ1) is 17.2. The van der Waals surface area contributed by atoms with Crippen molar-refractivity contribution in [3.8, 4) is 11.5 Å². The highest BCUT2D eigenvalue weighted by molar-refractivity contribution is 8.33. The van der Waals surface area contributed by atoms with Crippen LogP contribution in [0.15, 0.2) is 93.5 Å². The van der Waals surface area contributed by atoms with Gasteiger partial charge in [-0.3, -0.25) is 0 Å². The van der Waals surface area contributed by atoms with Crippen molar-refractivity contribution in [1.29, 1.82) is 0 Å². The molecule has 202 valence electrons. The second-order valence-corrected chi connectivity index (χ2v) is 15.5. The van der Waals surface area contributed by atoms with Crippen LogP contribution in [-0.2, 0) is 13.7 Å². The molecule has 0 fully saturated rings. The number of unbranched alkanes of at least 4 members (excludes halogenated alkanes) is 1. The van der Waals surface area contributed by atoms with Gasteiger partial charge in [-0.2, -0.15) is 8.42 Å². The van der Waals surface area contributed by atoms with Gasteiger partial charge in [0.1, 0.15) is 22.7 Å². The molecule has 0 heterocycles. The Morgan fingerprint density at radius 3 is 1.54 bits per heavy atom. The molecule has 0 N–H and O–H groups in total. The fourth-order valence-electron chi connectivity index (χ4n) is 3.79. The number of benzene rings is 3. The highest BCUT2D eigenvalue weighted by Gasteiger charge is 2.38. The van der Waals surface area contributed by atoms with Gasteiger partial charge in [0.15, 0.2) is 0 Å². The maximum Gasteiger partial charge on any atom is 0.277 e. The lowest BCUT2D eigenvalue weighted by molar-refractivity contribution is 0.130. The molecule has 0 amide bonds. The van der Waals surface area contributed by atoms with E-state index < -0.39 is 31.6 Å². The van der Waals surface area contributed by atoms with E-state index in [2.05, 4.69) is 0 Å². The van der Waals surface area contributed by atoms with Crippen molar-refractivity contribution in [3.05, 3.63) is 78.9 Å². The van der Waals surface area contributed by atoms with Crippen LogP contribution in [0.3, 0.4) is 0 Å². The first-order valence-electron chi connectivity index (χ1n) is 12.6. The first-order valence-corrected chi connectivity index (χ1v) is 15.8. The lowest BCUT2D eigenvalue weighted by Crippen LogP contribution is -2.23. The third-order valence-corrected chi connectivity index (χ3v) is 10.4. The molecule has 0 bridgehead atoms. The molecule has 3 aromatic carbocycles. The Kier molecular flexibility index (Phi) is 9.04. The van der Waals surface area contributed by atoms with Crippen LogP contribution >= 0.6 is 10.3 Å². The summed E-state index contributed by atoms with van der Waals surface area (Å²) in [4.78, 5) is 2.23. The molecule has 0 spiro atoms. The summed E-state index contributed by atoms with van der Waals surface area (Å²) in [6.07, 6.45) is 1.27. The molecule has 0 radical (unpaired) electrons. The summed E-state index contributed by atoms with van der Waals surface area (Å²) in [5, 5.41) is 0. The number of hydrogen-bond donors (Lipinski definition) is 0. The Hall–Kier alpha value is -2.48.